The Balaban J connectivity index is 1.96. The number of hydrogen-bond donors (Lipinski definition) is 0. The molecular weight excluding hydrogens is 245 g/mol. The van der Waals surface area contributed by atoms with E-state index in [-0.39, 0.29) is 37.5 Å². The van der Waals surface area contributed by atoms with Crippen molar-refractivity contribution in [3.63, 3.8) is 0 Å². The molecule has 98 valence electrons. The normalized spacial score (nSPS) is 17.8. The number of piperidine rings is 1. The molecule has 0 aromatic carbocycles. The van der Waals surface area contributed by atoms with E-state index in [4.69, 9.17) is 0 Å². The van der Waals surface area contributed by atoms with E-state index in [1.807, 2.05) is 0 Å². The third-order valence-electron chi connectivity index (χ3n) is 3.13. The molecule has 2 rings (SSSR count). The van der Waals surface area contributed by atoms with Gasteiger partial charge in [0.05, 0.1) is 5.92 Å². The fraction of sp³-hybridized carbons (Fsp3) is 0.500. The summed E-state index contributed by atoms with van der Waals surface area (Å²) in [6, 6.07) is 4.94. The number of nitrogens with zero attached hydrogens (tertiary/aromatic N) is 2. The number of hydrogen-bond acceptors (Lipinski definition) is 2. The highest BCUT2D eigenvalue weighted by molar-refractivity contribution is 5.92. The summed E-state index contributed by atoms with van der Waals surface area (Å²) in [4.78, 5) is 17.3. The van der Waals surface area contributed by atoms with Crippen LogP contribution in [0.4, 0.5) is 13.2 Å². The summed E-state index contributed by atoms with van der Waals surface area (Å²) in [6.07, 6.45) is -2.71. The highest BCUT2D eigenvalue weighted by atomic mass is 19.4. The molecule has 0 radical (unpaired) electrons. The van der Waals surface area contributed by atoms with Crippen molar-refractivity contribution in [3.05, 3.63) is 30.1 Å². The Hall–Kier alpha value is -1.59. The van der Waals surface area contributed by atoms with Crippen LogP contribution in [0.3, 0.4) is 0 Å². The van der Waals surface area contributed by atoms with Crippen molar-refractivity contribution in [2.45, 2.75) is 19.0 Å². The standard InChI is InChI=1S/C12H13F3N2O/c13-12(14,15)9-4-7-17(8-5-9)11(18)10-3-1-2-6-16-10/h1-3,6,9H,4-5,7-8H2. The molecule has 1 amide bonds. The summed E-state index contributed by atoms with van der Waals surface area (Å²) in [5, 5.41) is 0. The van der Waals surface area contributed by atoms with Crippen LogP contribution in [0, 0.1) is 5.92 Å². The van der Waals surface area contributed by atoms with Gasteiger partial charge in [0.2, 0.25) is 0 Å². The fourth-order valence-electron chi connectivity index (χ4n) is 2.06. The van der Waals surface area contributed by atoms with Crippen molar-refractivity contribution in [3.8, 4) is 0 Å². The zero-order chi connectivity index (χ0) is 13.2. The quantitative estimate of drug-likeness (QED) is 0.775. The predicted octanol–water partition coefficient (Wildman–Crippen LogP) is 2.50. The molecule has 1 aromatic rings. The molecule has 1 saturated heterocycles. The zero-order valence-electron chi connectivity index (χ0n) is 9.65. The third-order valence-corrected chi connectivity index (χ3v) is 3.13. The Kier molecular flexibility index (Phi) is 3.54. The van der Waals surface area contributed by atoms with E-state index in [0.717, 1.165) is 0 Å². The van der Waals surface area contributed by atoms with E-state index < -0.39 is 12.1 Å². The van der Waals surface area contributed by atoms with Gasteiger partial charge in [-0.2, -0.15) is 13.2 Å². The summed E-state index contributed by atoms with van der Waals surface area (Å²) >= 11 is 0. The molecule has 0 bridgehead atoms. The molecule has 0 atom stereocenters. The second kappa shape index (κ2) is 4.96. The first-order valence-corrected chi connectivity index (χ1v) is 5.75. The first-order chi connectivity index (χ1) is 8.48. The SMILES string of the molecule is O=C(c1ccccn1)N1CCC(C(F)(F)F)CC1. The summed E-state index contributed by atoms with van der Waals surface area (Å²) in [5.74, 6) is -1.58. The lowest BCUT2D eigenvalue weighted by molar-refractivity contribution is -0.183. The average Bonchev–Trinajstić information content (AvgIpc) is 2.38. The van der Waals surface area contributed by atoms with Crippen molar-refractivity contribution in [2.24, 2.45) is 5.92 Å². The molecule has 1 aliphatic rings. The Labute approximate surface area is 103 Å². The van der Waals surface area contributed by atoms with Gasteiger partial charge >= 0.3 is 6.18 Å². The van der Waals surface area contributed by atoms with Crippen molar-refractivity contribution >= 4 is 5.91 Å². The summed E-state index contributed by atoms with van der Waals surface area (Å²) in [6.45, 7) is 0.277. The maximum atomic E-state index is 12.5. The van der Waals surface area contributed by atoms with Gasteiger partial charge in [0.15, 0.2) is 0 Å². The van der Waals surface area contributed by atoms with Gasteiger partial charge < -0.3 is 4.90 Å². The first-order valence-electron chi connectivity index (χ1n) is 5.75. The highest BCUT2D eigenvalue weighted by Crippen LogP contribution is 2.34. The Bertz CT molecular complexity index is 411. The van der Waals surface area contributed by atoms with Gasteiger partial charge in [-0.15, -0.1) is 0 Å². The van der Waals surface area contributed by atoms with Gasteiger partial charge in [0.25, 0.3) is 5.91 Å². The number of rotatable bonds is 1. The molecule has 3 nitrogen and oxygen atoms in total. The van der Waals surface area contributed by atoms with Crippen LogP contribution in [0.5, 0.6) is 0 Å². The molecule has 1 aliphatic heterocycles. The van der Waals surface area contributed by atoms with Crippen LogP contribution in [0.1, 0.15) is 23.3 Å². The van der Waals surface area contributed by atoms with Crippen LogP contribution in [-0.2, 0) is 0 Å². The molecule has 6 heteroatoms. The summed E-state index contributed by atoms with van der Waals surface area (Å²) in [7, 11) is 0. The topological polar surface area (TPSA) is 33.2 Å². The molecule has 0 unspecified atom stereocenters. The lowest BCUT2D eigenvalue weighted by Gasteiger charge is -2.32. The second-order valence-corrected chi connectivity index (χ2v) is 4.32. The fourth-order valence-corrected chi connectivity index (χ4v) is 2.06. The number of carbonyl (C=O) groups is 1. The van der Waals surface area contributed by atoms with Crippen molar-refractivity contribution < 1.29 is 18.0 Å². The number of halogens is 3. The van der Waals surface area contributed by atoms with Gasteiger partial charge in [0.1, 0.15) is 5.69 Å². The Morgan fingerprint density at radius 2 is 1.94 bits per heavy atom. The van der Waals surface area contributed by atoms with Crippen molar-refractivity contribution in [1.82, 2.24) is 9.88 Å². The minimum Gasteiger partial charge on any atom is -0.337 e. The third kappa shape index (κ3) is 2.80. The highest BCUT2D eigenvalue weighted by Gasteiger charge is 2.41. The first kappa shape index (κ1) is 12.9. The zero-order valence-corrected chi connectivity index (χ0v) is 9.65. The molecule has 0 saturated carbocycles. The monoisotopic (exact) mass is 258 g/mol. The lowest BCUT2D eigenvalue weighted by atomic mass is 9.96. The van der Waals surface area contributed by atoms with E-state index in [9.17, 15) is 18.0 Å². The van der Waals surface area contributed by atoms with E-state index in [2.05, 4.69) is 4.98 Å². The summed E-state index contributed by atoms with van der Waals surface area (Å²) in [5.41, 5.74) is 0.281. The molecule has 18 heavy (non-hydrogen) atoms. The molecule has 1 aromatic heterocycles. The van der Waals surface area contributed by atoms with Crippen LogP contribution in [0.15, 0.2) is 24.4 Å². The van der Waals surface area contributed by atoms with Gasteiger partial charge in [-0.3, -0.25) is 9.78 Å². The number of amides is 1. The molecular formula is C12H13F3N2O. The minimum absolute atomic E-state index is 0.0257. The van der Waals surface area contributed by atoms with Crippen LogP contribution >= 0.6 is 0 Å². The van der Waals surface area contributed by atoms with Crippen molar-refractivity contribution in [1.29, 1.82) is 0 Å². The van der Waals surface area contributed by atoms with E-state index in [1.165, 1.54) is 11.1 Å². The van der Waals surface area contributed by atoms with Crippen LogP contribution in [0.2, 0.25) is 0 Å². The molecule has 1 fully saturated rings. The van der Waals surface area contributed by atoms with Gasteiger partial charge in [-0.25, -0.2) is 0 Å². The van der Waals surface area contributed by atoms with E-state index >= 15 is 0 Å². The molecule has 0 spiro atoms. The molecule has 2 heterocycles. The maximum Gasteiger partial charge on any atom is 0.391 e. The number of pyridine rings is 1. The number of carbonyl (C=O) groups excluding carboxylic acids is 1. The van der Waals surface area contributed by atoms with E-state index in [1.54, 1.807) is 18.2 Å². The lowest BCUT2D eigenvalue weighted by Crippen LogP contribution is -2.42. The van der Waals surface area contributed by atoms with Gasteiger partial charge in [-0.1, -0.05) is 6.07 Å². The molecule has 0 aliphatic carbocycles. The van der Waals surface area contributed by atoms with Gasteiger partial charge in [0, 0.05) is 19.3 Å². The van der Waals surface area contributed by atoms with Crippen LogP contribution < -0.4 is 0 Å². The Morgan fingerprint density at radius 3 is 2.44 bits per heavy atom. The smallest absolute Gasteiger partial charge is 0.337 e. The average molecular weight is 258 g/mol. The molecule has 0 N–H and O–H groups in total. The van der Waals surface area contributed by atoms with Crippen LogP contribution in [0.25, 0.3) is 0 Å². The second-order valence-electron chi connectivity index (χ2n) is 4.32. The Morgan fingerprint density at radius 1 is 1.28 bits per heavy atom. The number of alkyl halides is 3. The largest absolute Gasteiger partial charge is 0.391 e. The number of aromatic nitrogens is 1. The van der Waals surface area contributed by atoms with Gasteiger partial charge in [-0.05, 0) is 25.0 Å². The summed E-state index contributed by atoms with van der Waals surface area (Å²) < 4.78 is 37.4. The van der Waals surface area contributed by atoms with E-state index in [0.29, 0.717) is 0 Å². The maximum absolute atomic E-state index is 12.5. The predicted molar refractivity (Wildman–Crippen MR) is 58.9 cm³/mol. The van der Waals surface area contributed by atoms with Crippen molar-refractivity contribution in [2.75, 3.05) is 13.1 Å². The number of likely N-dealkylation sites (tertiary alicyclic amines) is 1. The minimum atomic E-state index is -4.15. The van der Waals surface area contributed by atoms with Crippen LogP contribution in [-0.4, -0.2) is 35.1 Å².